The van der Waals surface area contributed by atoms with Gasteiger partial charge in [-0.25, -0.2) is 8.78 Å². The average Bonchev–Trinajstić information content (AvgIpc) is 3.02. The number of fused-ring (bicyclic) bond motifs is 5. The Labute approximate surface area is 202 Å². The molecule has 5 rings (SSSR count). The molecule has 34 heavy (non-hydrogen) atoms. The summed E-state index contributed by atoms with van der Waals surface area (Å²) in [6, 6.07) is 5.88. The predicted molar refractivity (Wildman–Crippen MR) is 129 cm³/mol. The Morgan fingerprint density at radius 1 is 1.15 bits per heavy atom. The molecule has 1 aromatic rings. The van der Waals surface area contributed by atoms with Crippen LogP contribution >= 0.6 is 0 Å². The van der Waals surface area contributed by atoms with Crippen molar-refractivity contribution < 1.29 is 23.6 Å². The van der Waals surface area contributed by atoms with Crippen LogP contribution in [0.2, 0.25) is 0 Å². The highest BCUT2D eigenvalue weighted by atomic mass is 19.3. The highest BCUT2D eigenvalue weighted by Crippen LogP contribution is 2.68. The van der Waals surface area contributed by atoms with E-state index >= 15 is 8.78 Å². The molecule has 1 amide bonds. The normalized spacial score (nSPS) is 34.6. The van der Waals surface area contributed by atoms with Gasteiger partial charge in [0.1, 0.15) is 0 Å². The number of alkyl halides is 2. The van der Waals surface area contributed by atoms with Gasteiger partial charge in [-0.05, 0) is 85.2 Å². The summed E-state index contributed by atoms with van der Waals surface area (Å²) in [5, 5.41) is 22.3. The van der Waals surface area contributed by atoms with Gasteiger partial charge in [-0.3, -0.25) is 4.79 Å². The second-order valence-corrected chi connectivity index (χ2v) is 11.7. The maximum Gasteiger partial charge on any atom is 0.488 e. The molecule has 4 aliphatic carbocycles. The van der Waals surface area contributed by atoms with E-state index in [0.717, 1.165) is 50.5 Å². The van der Waals surface area contributed by atoms with Crippen LogP contribution in [-0.4, -0.2) is 35.0 Å². The molecule has 4 aliphatic rings. The molecule has 3 unspecified atom stereocenters. The number of carbonyl (C=O) groups excluding carboxylic acids is 1. The lowest BCUT2D eigenvalue weighted by Gasteiger charge is -2.51. The summed E-state index contributed by atoms with van der Waals surface area (Å²) in [5.74, 6) is -2.46. The van der Waals surface area contributed by atoms with Crippen LogP contribution in [0.4, 0.5) is 8.78 Å². The van der Waals surface area contributed by atoms with Crippen LogP contribution < -0.4 is 10.8 Å². The molecular weight excluding hydrogens is 435 g/mol. The second-order valence-electron chi connectivity index (χ2n) is 11.7. The molecule has 1 aromatic carbocycles. The van der Waals surface area contributed by atoms with E-state index in [0.29, 0.717) is 24.7 Å². The van der Waals surface area contributed by atoms with Gasteiger partial charge in [0, 0.05) is 24.3 Å². The van der Waals surface area contributed by atoms with Gasteiger partial charge in [-0.2, -0.15) is 0 Å². The highest BCUT2D eigenvalue weighted by molar-refractivity contribution is 6.58. The highest BCUT2D eigenvalue weighted by Gasteiger charge is 2.67. The number of hydrogen-bond donors (Lipinski definition) is 3. The van der Waals surface area contributed by atoms with Gasteiger partial charge >= 0.3 is 7.12 Å². The molecule has 0 radical (unpaired) electrons. The van der Waals surface area contributed by atoms with E-state index in [2.05, 4.69) is 5.32 Å². The van der Waals surface area contributed by atoms with Crippen molar-refractivity contribution in [3.63, 3.8) is 0 Å². The minimum absolute atomic E-state index is 0.0280. The van der Waals surface area contributed by atoms with Crippen LogP contribution in [-0.2, 0) is 11.2 Å². The summed E-state index contributed by atoms with van der Waals surface area (Å²) < 4.78 is 30.9. The Bertz CT molecular complexity index is 919. The fraction of sp³-hybridized carbons (Fsp3) is 0.741. The zero-order valence-electron chi connectivity index (χ0n) is 20.2. The van der Waals surface area contributed by atoms with Crippen molar-refractivity contribution in [2.45, 2.75) is 102 Å². The predicted octanol–water partition coefficient (Wildman–Crippen LogP) is 4.31. The standard InChI is InChI=1S/C27H38BF2NO3/c1-26-14-13-22-21-11-9-19(28(33)34)15-17(21)7-10-23(22)25(26)18(16-27(26,29)30)8-12-24(32)31-20-5-3-2-4-6-20/h9,11,15,18,20,22-23,25,33-34H,2-8,10,12-14,16H2,1H3,(H,31,32)/t18-,22?,23?,25?,26+/m1/s1. The summed E-state index contributed by atoms with van der Waals surface area (Å²) in [6.45, 7) is 1.80. The Kier molecular flexibility index (Phi) is 6.56. The number of nitrogens with one attached hydrogen (secondary N) is 1. The first-order valence-electron chi connectivity index (χ1n) is 13.4. The molecule has 186 valence electrons. The summed E-state index contributed by atoms with van der Waals surface area (Å²) in [6.07, 6.45) is 9.28. The SMILES string of the molecule is C[C@]12CCC3c4ccc(B(O)O)cc4CCC3C1[C@H](CCC(=O)NC1CCCCC1)CC2(F)F. The number of halogens is 2. The van der Waals surface area contributed by atoms with E-state index in [-0.39, 0.29) is 42.0 Å². The number of rotatable bonds is 5. The Morgan fingerprint density at radius 3 is 2.65 bits per heavy atom. The lowest BCUT2D eigenvalue weighted by Crippen LogP contribution is -2.48. The molecule has 0 bridgehead atoms. The monoisotopic (exact) mass is 473 g/mol. The molecule has 3 fully saturated rings. The van der Waals surface area contributed by atoms with Crippen LogP contribution in [0, 0.1) is 23.2 Å². The summed E-state index contributed by atoms with van der Waals surface area (Å²) in [5.41, 5.74) is 1.82. The number of aryl methyl sites for hydroxylation is 1. The summed E-state index contributed by atoms with van der Waals surface area (Å²) in [4.78, 5) is 12.7. The first-order valence-corrected chi connectivity index (χ1v) is 13.4. The van der Waals surface area contributed by atoms with Gasteiger partial charge in [0.05, 0.1) is 0 Å². The van der Waals surface area contributed by atoms with Gasteiger partial charge in [0.15, 0.2) is 0 Å². The molecule has 0 heterocycles. The lowest BCUT2D eigenvalue weighted by atomic mass is 9.53. The molecule has 0 spiro atoms. The van der Waals surface area contributed by atoms with E-state index < -0.39 is 18.5 Å². The minimum atomic E-state index is -2.70. The van der Waals surface area contributed by atoms with E-state index in [9.17, 15) is 14.8 Å². The van der Waals surface area contributed by atoms with Crippen molar-refractivity contribution >= 4 is 18.5 Å². The van der Waals surface area contributed by atoms with Gasteiger partial charge in [-0.1, -0.05) is 44.4 Å². The van der Waals surface area contributed by atoms with Crippen molar-refractivity contribution in [3.05, 3.63) is 29.3 Å². The molecule has 4 nitrogen and oxygen atoms in total. The second kappa shape index (κ2) is 9.20. The summed E-state index contributed by atoms with van der Waals surface area (Å²) in [7, 11) is -1.49. The Hall–Kier alpha value is -1.47. The average molecular weight is 473 g/mol. The zero-order chi connectivity index (χ0) is 24.1. The molecular formula is C27H38BF2NO3. The molecule has 7 heteroatoms. The lowest BCUT2D eigenvalue weighted by molar-refractivity contribution is -0.133. The van der Waals surface area contributed by atoms with E-state index in [1.165, 1.54) is 12.0 Å². The van der Waals surface area contributed by atoms with Gasteiger partial charge in [0.2, 0.25) is 5.91 Å². The van der Waals surface area contributed by atoms with Crippen molar-refractivity contribution in [3.8, 4) is 0 Å². The largest absolute Gasteiger partial charge is 0.488 e. The van der Waals surface area contributed by atoms with Gasteiger partial charge < -0.3 is 15.4 Å². The van der Waals surface area contributed by atoms with Crippen molar-refractivity contribution in [2.24, 2.45) is 23.2 Å². The van der Waals surface area contributed by atoms with Crippen LogP contribution in [0.25, 0.3) is 0 Å². The van der Waals surface area contributed by atoms with Gasteiger partial charge in [0.25, 0.3) is 5.92 Å². The van der Waals surface area contributed by atoms with Crippen molar-refractivity contribution in [2.75, 3.05) is 0 Å². The van der Waals surface area contributed by atoms with Crippen molar-refractivity contribution in [1.29, 1.82) is 0 Å². The van der Waals surface area contributed by atoms with Crippen LogP contribution in [0.5, 0.6) is 0 Å². The van der Waals surface area contributed by atoms with Crippen LogP contribution in [0.3, 0.4) is 0 Å². The maximum absolute atomic E-state index is 15.5. The molecule has 0 saturated heterocycles. The van der Waals surface area contributed by atoms with Crippen LogP contribution in [0.15, 0.2) is 18.2 Å². The Morgan fingerprint density at radius 2 is 1.91 bits per heavy atom. The third-order valence-electron chi connectivity index (χ3n) is 9.87. The number of carbonyl (C=O) groups is 1. The zero-order valence-corrected chi connectivity index (χ0v) is 20.2. The minimum Gasteiger partial charge on any atom is -0.423 e. The molecule has 0 aromatic heterocycles. The Balaban J connectivity index is 1.33. The topological polar surface area (TPSA) is 69.6 Å². The van der Waals surface area contributed by atoms with E-state index in [1.807, 2.05) is 12.1 Å². The third kappa shape index (κ3) is 4.21. The molecule has 3 saturated carbocycles. The van der Waals surface area contributed by atoms with E-state index in [4.69, 9.17) is 0 Å². The fourth-order valence-corrected chi connectivity index (χ4v) is 8.14. The molecule has 5 atom stereocenters. The number of benzene rings is 1. The van der Waals surface area contributed by atoms with Gasteiger partial charge in [-0.15, -0.1) is 0 Å². The van der Waals surface area contributed by atoms with Crippen molar-refractivity contribution in [1.82, 2.24) is 5.32 Å². The third-order valence-corrected chi connectivity index (χ3v) is 9.87. The summed E-state index contributed by atoms with van der Waals surface area (Å²) >= 11 is 0. The smallest absolute Gasteiger partial charge is 0.423 e. The quantitative estimate of drug-likeness (QED) is 0.559. The molecule has 3 N–H and O–H groups in total. The number of hydrogen-bond acceptors (Lipinski definition) is 3. The first-order chi connectivity index (χ1) is 16.2. The fourth-order valence-electron chi connectivity index (χ4n) is 8.14. The maximum atomic E-state index is 15.5. The molecule has 0 aliphatic heterocycles. The van der Waals surface area contributed by atoms with Crippen LogP contribution in [0.1, 0.15) is 94.6 Å². The number of amides is 1. The van der Waals surface area contributed by atoms with E-state index in [1.54, 1.807) is 13.0 Å². The first kappa shape index (κ1) is 24.2.